The summed E-state index contributed by atoms with van der Waals surface area (Å²) in [6.45, 7) is 0. The lowest BCUT2D eigenvalue weighted by Crippen LogP contribution is -2.21. The van der Waals surface area contributed by atoms with Gasteiger partial charge in [-0.05, 0) is 43.5 Å². The molecule has 0 saturated heterocycles. The number of cyclic esters (lactones) is 1. The van der Waals surface area contributed by atoms with Crippen LogP contribution in [0.25, 0.3) is 6.08 Å². The number of esters is 1. The van der Waals surface area contributed by atoms with Crippen molar-refractivity contribution in [2.24, 2.45) is 0 Å². The van der Waals surface area contributed by atoms with E-state index >= 15 is 0 Å². The van der Waals surface area contributed by atoms with Gasteiger partial charge in [0, 0.05) is 0 Å². The van der Waals surface area contributed by atoms with Crippen LogP contribution in [-0.4, -0.2) is 23.7 Å². The third kappa shape index (κ3) is 3.76. The summed E-state index contributed by atoms with van der Waals surface area (Å²) < 4.78 is 10.7. The van der Waals surface area contributed by atoms with Crippen LogP contribution in [-0.2, 0) is 14.3 Å². The number of rotatable bonds is 4. The Bertz CT molecular complexity index is 525. The van der Waals surface area contributed by atoms with Crippen LogP contribution in [0.4, 0.5) is 0 Å². The zero-order chi connectivity index (χ0) is 13.8. The van der Waals surface area contributed by atoms with Crippen LogP contribution in [0.5, 0.6) is 0 Å². The monoisotopic (exact) mass is 388 g/mol. The first-order valence-corrected chi connectivity index (χ1v) is 6.99. The molecule has 0 fully saturated rings. The zero-order valence-electron chi connectivity index (χ0n) is 9.62. The first kappa shape index (κ1) is 14.5. The molecule has 0 spiro atoms. The van der Waals surface area contributed by atoms with Gasteiger partial charge in [0.05, 0.1) is 4.48 Å². The van der Waals surface area contributed by atoms with Gasteiger partial charge in [-0.15, -0.1) is 0 Å². The highest BCUT2D eigenvalue weighted by Gasteiger charge is 2.33. The second-order valence-electron chi connectivity index (χ2n) is 3.70. The molecular formula is C13H10Br2O4. The molecular weight excluding hydrogens is 380 g/mol. The van der Waals surface area contributed by atoms with E-state index in [0.29, 0.717) is 4.48 Å². The summed E-state index contributed by atoms with van der Waals surface area (Å²) in [5, 5.41) is 9.70. The molecule has 1 N–H and O–H groups in total. The van der Waals surface area contributed by atoms with E-state index < -0.39 is 18.5 Å². The minimum atomic E-state index is -1.18. The molecule has 2 atom stereocenters. The highest BCUT2D eigenvalue weighted by molar-refractivity contribution is 9.14. The molecule has 1 heterocycles. The Labute approximate surface area is 127 Å². The third-order valence-electron chi connectivity index (χ3n) is 2.33. The maximum atomic E-state index is 11.2. The van der Waals surface area contributed by atoms with E-state index in [9.17, 15) is 9.90 Å². The number of ether oxygens (including phenoxy) is 2. The average molecular weight is 390 g/mol. The van der Waals surface area contributed by atoms with Gasteiger partial charge < -0.3 is 14.6 Å². The molecule has 1 aromatic rings. The molecule has 2 unspecified atom stereocenters. The number of aliphatic hydroxyl groups excluding tert-OH is 1. The van der Waals surface area contributed by atoms with Gasteiger partial charge in [0.2, 0.25) is 6.29 Å². The molecule has 0 amide bonds. The van der Waals surface area contributed by atoms with Crippen molar-refractivity contribution < 1.29 is 19.4 Å². The van der Waals surface area contributed by atoms with Gasteiger partial charge in [-0.3, -0.25) is 0 Å². The maximum Gasteiger partial charge on any atom is 0.348 e. The summed E-state index contributed by atoms with van der Waals surface area (Å²) in [5.41, 5.74) is 0.935. The fourth-order valence-corrected chi connectivity index (χ4v) is 2.06. The minimum Gasteiger partial charge on any atom is -0.427 e. The molecule has 0 aromatic heterocycles. The second-order valence-corrected chi connectivity index (χ2v) is 5.34. The van der Waals surface area contributed by atoms with Crippen molar-refractivity contribution in [2.45, 2.75) is 12.6 Å². The average Bonchev–Trinajstić information content (AvgIpc) is 2.65. The van der Waals surface area contributed by atoms with E-state index in [1.165, 1.54) is 6.08 Å². The summed E-state index contributed by atoms with van der Waals surface area (Å²) in [7, 11) is 0. The van der Waals surface area contributed by atoms with Gasteiger partial charge in [0.1, 0.15) is 4.48 Å². The van der Waals surface area contributed by atoms with Crippen LogP contribution in [0.1, 0.15) is 5.56 Å². The van der Waals surface area contributed by atoms with Crippen LogP contribution in [0.2, 0.25) is 0 Å². The summed E-state index contributed by atoms with van der Waals surface area (Å²) >= 11 is 6.22. The predicted octanol–water partition coefficient (Wildman–Crippen LogP) is 2.92. The van der Waals surface area contributed by atoms with Gasteiger partial charge in [0.15, 0.2) is 6.29 Å². The van der Waals surface area contributed by atoms with Gasteiger partial charge >= 0.3 is 5.97 Å². The van der Waals surface area contributed by atoms with Crippen molar-refractivity contribution in [3.8, 4) is 0 Å². The lowest BCUT2D eigenvalue weighted by Gasteiger charge is -2.14. The molecule has 6 heteroatoms. The quantitative estimate of drug-likeness (QED) is 0.635. The minimum absolute atomic E-state index is 0.261. The summed E-state index contributed by atoms with van der Waals surface area (Å²) in [4.78, 5) is 11.2. The Morgan fingerprint density at radius 3 is 2.58 bits per heavy atom. The molecule has 0 bridgehead atoms. The molecule has 0 aliphatic carbocycles. The Hall–Kier alpha value is -0.950. The molecule has 1 aliphatic heterocycles. The number of benzene rings is 1. The van der Waals surface area contributed by atoms with Crippen LogP contribution in [0.15, 0.2) is 45.4 Å². The highest BCUT2D eigenvalue weighted by Crippen LogP contribution is 2.32. The van der Waals surface area contributed by atoms with E-state index in [1.54, 1.807) is 6.08 Å². The Kier molecular flexibility index (Phi) is 4.93. The highest BCUT2D eigenvalue weighted by atomic mass is 79.9. The number of hydrogen-bond donors (Lipinski definition) is 1. The molecule has 100 valence electrons. The lowest BCUT2D eigenvalue weighted by molar-refractivity contribution is -0.188. The first-order valence-electron chi connectivity index (χ1n) is 5.41. The van der Waals surface area contributed by atoms with E-state index in [4.69, 9.17) is 9.47 Å². The molecule has 1 aliphatic rings. The largest absolute Gasteiger partial charge is 0.427 e. The number of halogens is 2. The third-order valence-corrected chi connectivity index (χ3v) is 4.38. The van der Waals surface area contributed by atoms with Crippen molar-refractivity contribution in [1.29, 1.82) is 0 Å². The SMILES string of the molecule is O=C1OC(OC(O)/C=C/c2ccccc2)C(Br)=C1Br. The lowest BCUT2D eigenvalue weighted by atomic mass is 10.2. The van der Waals surface area contributed by atoms with Crippen molar-refractivity contribution in [3.05, 3.63) is 50.9 Å². The molecule has 2 rings (SSSR count). The van der Waals surface area contributed by atoms with Crippen LogP contribution in [0.3, 0.4) is 0 Å². The molecule has 0 saturated carbocycles. The summed E-state index contributed by atoms with van der Waals surface area (Å²) in [6.07, 6.45) is 1.07. The van der Waals surface area contributed by atoms with Crippen molar-refractivity contribution in [1.82, 2.24) is 0 Å². The Morgan fingerprint density at radius 2 is 2.00 bits per heavy atom. The van der Waals surface area contributed by atoms with Crippen molar-refractivity contribution in [2.75, 3.05) is 0 Å². The number of carbonyl (C=O) groups is 1. The van der Waals surface area contributed by atoms with Gasteiger partial charge in [-0.1, -0.05) is 36.4 Å². The van der Waals surface area contributed by atoms with Crippen LogP contribution in [0, 0.1) is 0 Å². The number of aliphatic hydroxyl groups is 1. The molecule has 19 heavy (non-hydrogen) atoms. The number of carbonyl (C=O) groups excluding carboxylic acids is 1. The van der Waals surface area contributed by atoms with E-state index in [0.717, 1.165) is 5.56 Å². The fourth-order valence-electron chi connectivity index (χ4n) is 1.42. The van der Waals surface area contributed by atoms with E-state index in [2.05, 4.69) is 31.9 Å². The molecule has 1 aromatic carbocycles. The van der Waals surface area contributed by atoms with Gasteiger partial charge in [-0.25, -0.2) is 4.79 Å². The van der Waals surface area contributed by atoms with E-state index in [1.807, 2.05) is 30.3 Å². The topological polar surface area (TPSA) is 55.8 Å². The Morgan fingerprint density at radius 1 is 1.32 bits per heavy atom. The summed E-state index contributed by atoms with van der Waals surface area (Å²) in [5.74, 6) is -0.531. The van der Waals surface area contributed by atoms with Crippen LogP contribution < -0.4 is 0 Å². The zero-order valence-corrected chi connectivity index (χ0v) is 12.8. The van der Waals surface area contributed by atoms with Gasteiger partial charge in [-0.2, -0.15) is 0 Å². The fraction of sp³-hybridized carbons (Fsp3) is 0.154. The summed E-state index contributed by atoms with van der Waals surface area (Å²) in [6, 6.07) is 9.47. The van der Waals surface area contributed by atoms with Crippen LogP contribution >= 0.6 is 31.9 Å². The number of hydrogen-bond acceptors (Lipinski definition) is 4. The second kappa shape index (κ2) is 6.47. The molecule has 4 nitrogen and oxygen atoms in total. The smallest absolute Gasteiger partial charge is 0.348 e. The Balaban J connectivity index is 1.94. The first-order chi connectivity index (χ1) is 9.08. The van der Waals surface area contributed by atoms with Crippen molar-refractivity contribution >= 4 is 43.9 Å². The maximum absolute atomic E-state index is 11.2. The standard InChI is InChI=1S/C13H10Br2O4/c14-10-11(15)13(19-12(10)17)18-9(16)7-6-8-4-2-1-3-5-8/h1-7,9,13,16H/b7-6+. The van der Waals surface area contributed by atoms with E-state index in [-0.39, 0.29) is 4.48 Å². The normalized spacial score (nSPS) is 21.0. The predicted molar refractivity (Wildman–Crippen MR) is 77.3 cm³/mol. The van der Waals surface area contributed by atoms with Crippen molar-refractivity contribution in [3.63, 3.8) is 0 Å². The van der Waals surface area contributed by atoms with Gasteiger partial charge in [0.25, 0.3) is 0 Å². The molecule has 0 radical (unpaired) electrons.